The molecule has 0 atom stereocenters. The Hall–Kier alpha value is -1.61. The molecule has 0 aromatic heterocycles. The third kappa shape index (κ3) is 1.75. The van der Waals surface area contributed by atoms with Crippen molar-refractivity contribution in [1.29, 1.82) is 0 Å². The molecule has 0 radical (unpaired) electrons. The summed E-state index contributed by atoms with van der Waals surface area (Å²) in [5.41, 5.74) is 2.84. The molecule has 1 N–H and O–H groups in total. The summed E-state index contributed by atoms with van der Waals surface area (Å²) in [5.74, 6) is -0.772. The van der Waals surface area contributed by atoms with Gasteiger partial charge in [-0.25, -0.2) is 4.79 Å². The van der Waals surface area contributed by atoms with Gasteiger partial charge in [0, 0.05) is 18.5 Å². The van der Waals surface area contributed by atoms with Crippen molar-refractivity contribution in [2.75, 3.05) is 20.1 Å². The highest BCUT2D eigenvalue weighted by Crippen LogP contribution is 2.58. The zero-order valence-corrected chi connectivity index (χ0v) is 10.5. The summed E-state index contributed by atoms with van der Waals surface area (Å²) in [6.07, 6.45) is 2.22. The summed E-state index contributed by atoms with van der Waals surface area (Å²) in [5, 5.41) is 9.46. The van der Waals surface area contributed by atoms with E-state index < -0.39 is 5.97 Å². The molecule has 1 fully saturated rings. The Bertz CT molecular complexity index is 515. The van der Waals surface area contributed by atoms with Crippen molar-refractivity contribution >= 4 is 11.5 Å². The van der Waals surface area contributed by atoms with Crippen molar-refractivity contribution in [3.05, 3.63) is 41.5 Å². The van der Waals surface area contributed by atoms with Crippen molar-refractivity contribution in [3.63, 3.8) is 0 Å². The first-order chi connectivity index (χ1) is 8.62. The van der Waals surface area contributed by atoms with E-state index in [1.54, 1.807) is 0 Å². The second-order valence-electron chi connectivity index (χ2n) is 5.48. The zero-order chi connectivity index (χ0) is 12.8. The highest BCUT2D eigenvalue weighted by Gasteiger charge is 2.51. The van der Waals surface area contributed by atoms with Gasteiger partial charge in [0.05, 0.1) is 5.57 Å². The fraction of sp³-hybridized carbons (Fsp3) is 0.400. The van der Waals surface area contributed by atoms with E-state index in [9.17, 15) is 9.90 Å². The Morgan fingerprint density at radius 3 is 2.50 bits per heavy atom. The molecule has 1 aromatic carbocycles. The van der Waals surface area contributed by atoms with Crippen molar-refractivity contribution < 1.29 is 9.90 Å². The van der Waals surface area contributed by atoms with Crippen LogP contribution in [0.1, 0.15) is 18.4 Å². The smallest absolute Gasteiger partial charge is 0.333 e. The summed E-state index contributed by atoms with van der Waals surface area (Å²) >= 11 is 0. The monoisotopic (exact) mass is 243 g/mol. The summed E-state index contributed by atoms with van der Waals surface area (Å²) in [6.45, 7) is 1.52. The molecule has 1 heterocycles. The predicted octanol–water partition coefficient (Wildman–Crippen LogP) is 2.25. The van der Waals surface area contributed by atoms with Crippen molar-refractivity contribution in [1.82, 2.24) is 4.90 Å². The number of carboxylic acids is 1. The quantitative estimate of drug-likeness (QED) is 0.866. The SMILES string of the molecule is CN1CC(C(=O)O)=C(c2ccccc2)C2(CC2)C1. The molecular weight excluding hydrogens is 226 g/mol. The van der Waals surface area contributed by atoms with Gasteiger partial charge < -0.3 is 10.0 Å². The Kier molecular flexibility index (Phi) is 2.52. The molecule has 3 nitrogen and oxygen atoms in total. The Labute approximate surface area is 107 Å². The van der Waals surface area contributed by atoms with Crippen LogP contribution in [0, 0.1) is 5.41 Å². The van der Waals surface area contributed by atoms with Crippen molar-refractivity contribution in [2.45, 2.75) is 12.8 Å². The Morgan fingerprint density at radius 2 is 1.94 bits per heavy atom. The third-order valence-electron chi connectivity index (χ3n) is 4.01. The summed E-state index contributed by atoms with van der Waals surface area (Å²) in [7, 11) is 2.00. The molecule has 0 amide bonds. The van der Waals surface area contributed by atoms with E-state index >= 15 is 0 Å². The van der Waals surface area contributed by atoms with Gasteiger partial charge in [0.15, 0.2) is 0 Å². The normalized spacial score (nSPS) is 22.3. The first-order valence-corrected chi connectivity index (χ1v) is 6.33. The molecule has 0 saturated heterocycles. The molecule has 3 heteroatoms. The van der Waals surface area contributed by atoms with Gasteiger partial charge in [-0.1, -0.05) is 30.3 Å². The molecule has 0 bridgehead atoms. The zero-order valence-electron chi connectivity index (χ0n) is 10.5. The predicted molar refractivity (Wildman–Crippen MR) is 70.2 cm³/mol. The number of benzene rings is 1. The maximum Gasteiger partial charge on any atom is 0.333 e. The Balaban J connectivity index is 2.16. The second-order valence-corrected chi connectivity index (χ2v) is 5.48. The highest BCUT2D eigenvalue weighted by atomic mass is 16.4. The number of hydrogen-bond acceptors (Lipinski definition) is 2. The fourth-order valence-corrected chi connectivity index (χ4v) is 3.14. The standard InChI is InChI=1S/C15H17NO2/c1-16-9-12(14(17)18)13(15(10-16)7-8-15)11-5-3-2-4-6-11/h2-6H,7-10H2,1H3,(H,17,18). The number of hydrogen-bond donors (Lipinski definition) is 1. The summed E-state index contributed by atoms with van der Waals surface area (Å²) in [6, 6.07) is 10.00. The van der Waals surface area contributed by atoms with Crippen LogP contribution < -0.4 is 0 Å². The van der Waals surface area contributed by atoms with E-state index in [0.29, 0.717) is 12.1 Å². The first-order valence-electron chi connectivity index (χ1n) is 6.33. The van der Waals surface area contributed by atoms with Crippen LogP contribution in [0.5, 0.6) is 0 Å². The van der Waals surface area contributed by atoms with Gasteiger partial charge in [-0.05, 0) is 31.0 Å². The van der Waals surface area contributed by atoms with Crippen LogP contribution in [0.15, 0.2) is 35.9 Å². The minimum absolute atomic E-state index is 0.0993. The topological polar surface area (TPSA) is 40.5 Å². The van der Waals surface area contributed by atoms with E-state index in [-0.39, 0.29) is 5.41 Å². The van der Waals surface area contributed by atoms with Crippen molar-refractivity contribution in [3.8, 4) is 0 Å². The number of rotatable bonds is 2. The molecule has 1 aromatic rings. The van der Waals surface area contributed by atoms with Gasteiger partial charge in [-0.15, -0.1) is 0 Å². The lowest BCUT2D eigenvalue weighted by atomic mass is 9.82. The van der Waals surface area contributed by atoms with Crippen LogP contribution in [-0.2, 0) is 4.79 Å². The van der Waals surface area contributed by atoms with Crippen LogP contribution in [0.4, 0.5) is 0 Å². The molecule has 94 valence electrons. The lowest BCUT2D eigenvalue weighted by Gasteiger charge is -2.33. The van der Waals surface area contributed by atoms with E-state index in [1.807, 2.05) is 37.4 Å². The molecular formula is C15H17NO2. The Morgan fingerprint density at radius 1 is 1.28 bits per heavy atom. The van der Waals surface area contributed by atoms with E-state index in [4.69, 9.17) is 0 Å². The number of nitrogens with zero attached hydrogens (tertiary/aromatic N) is 1. The highest BCUT2D eigenvalue weighted by molar-refractivity contribution is 5.99. The van der Waals surface area contributed by atoms with Crippen LogP contribution >= 0.6 is 0 Å². The number of carbonyl (C=O) groups is 1. The lowest BCUT2D eigenvalue weighted by Crippen LogP contribution is -2.37. The maximum absolute atomic E-state index is 11.5. The van der Waals surface area contributed by atoms with E-state index in [1.165, 1.54) is 0 Å². The lowest BCUT2D eigenvalue weighted by molar-refractivity contribution is -0.133. The number of carboxylic acid groups (broad SMARTS) is 1. The molecule has 1 aliphatic heterocycles. The van der Waals surface area contributed by atoms with E-state index in [2.05, 4.69) is 4.90 Å². The second kappa shape index (κ2) is 3.95. The van der Waals surface area contributed by atoms with Gasteiger partial charge in [0.1, 0.15) is 0 Å². The van der Waals surface area contributed by atoms with Gasteiger partial charge in [-0.2, -0.15) is 0 Å². The van der Waals surface area contributed by atoms with Crippen LogP contribution in [0.3, 0.4) is 0 Å². The van der Waals surface area contributed by atoms with Gasteiger partial charge in [-0.3, -0.25) is 0 Å². The largest absolute Gasteiger partial charge is 0.478 e. The number of aliphatic carboxylic acids is 1. The van der Waals surface area contributed by atoms with Crippen LogP contribution in [-0.4, -0.2) is 36.1 Å². The molecule has 2 aliphatic rings. The van der Waals surface area contributed by atoms with Crippen molar-refractivity contribution in [2.24, 2.45) is 5.41 Å². The van der Waals surface area contributed by atoms with Gasteiger partial charge in [0.25, 0.3) is 0 Å². The molecule has 18 heavy (non-hydrogen) atoms. The fourth-order valence-electron chi connectivity index (χ4n) is 3.14. The molecule has 3 rings (SSSR count). The van der Waals surface area contributed by atoms with Gasteiger partial charge >= 0.3 is 5.97 Å². The minimum Gasteiger partial charge on any atom is -0.478 e. The average molecular weight is 243 g/mol. The average Bonchev–Trinajstić information content (AvgIpc) is 3.09. The first kappa shape index (κ1) is 11.5. The molecule has 1 aliphatic carbocycles. The number of likely N-dealkylation sites (N-methyl/N-ethyl adjacent to an activating group) is 1. The van der Waals surface area contributed by atoms with Crippen LogP contribution in [0.25, 0.3) is 5.57 Å². The maximum atomic E-state index is 11.5. The molecule has 1 spiro atoms. The molecule has 0 unspecified atom stereocenters. The van der Waals surface area contributed by atoms with Gasteiger partial charge in [0.2, 0.25) is 0 Å². The summed E-state index contributed by atoms with van der Waals surface area (Å²) in [4.78, 5) is 13.6. The van der Waals surface area contributed by atoms with Crippen LogP contribution in [0.2, 0.25) is 0 Å². The summed E-state index contributed by atoms with van der Waals surface area (Å²) < 4.78 is 0. The van der Waals surface area contributed by atoms with E-state index in [0.717, 1.165) is 30.5 Å². The molecule has 1 saturated carbocycles. The minimum atomic E-state index is -0.772. The third-order valence-corrected chi connectivity index (χ3v) is 4.01.